The van der Waals surface area contributed by atoms with E-state index in [9.17, 15) is 14.7 Å². The Balaban J connectivity index is 1.87. The first-order valence-corrected chi connectivity index (χ1v) is 8.00. The number of carboxylic acids is 1. The Morgan fingerprint density at radius 3 is 2.84 bits per heavy atom. The molecule has 134 valence electrons. The summed E-state index contributed by atoms with van der Waals surface area (Å²) in [6, 6.07) is 0.896. The van der Waals surface area contributed by atoms with Gasteiger partial charge in [0.1, 0.15) is 34.8 Å². The van der Waals surface area contributed by atoms with Gasteiger partial charge in [-0.3, -0.25) is 9.69 Å². The van der Waals surface area contributed by atoms with Gasteiger partial charge in [-0.05, 0) is 13.0 Å². The summed E-state index contributed by atoms with van der Waals surface area (Å²) in [4.78, 5) is 25.3. The van der Waals surface area contributed by atoms with E-state index in [4.69, 9.17) is 9.15 Å². The summed E-state index contributed by atoms with van der Waals surface area (Å²) in [5, 5.41) is 17.7. The van der Waals surface area contributed by atoms with Gasteiger partial charge in [0, 0.05) is 6.42 Å². The van der Waals surface area contributed by atoms with Crippen molar-refractivity contribution in [2.24, 2.45) is 0 Å². The summed E-state index contributed by atoms with van der Waals surface area (Å²) in [6.45, 7) is 4.55. The van der Waals surface area contributed by atoms with Crippen molar-refractivity contribution in [1.82, 2.24) is 19.7 Å². The molecule has 0 radical (unpaired) electrons. The van der Waals surface area contributed by atoms with Crippen molar-refractivity contribution in [3.63, 3.8) is 0 Å². The SMILES string of the molecule is CCc1oc(CN2Cc3nnc(C)n3CC2C(=O)O)cc1C(=O)OC. The lowest BCUT2D eigenvalue weighted by atomic mass is 10.1. The third-order valence-electron chi connectivity index (χ3n) is 4.38. The van der Waals surface area contributed by atoms with E-state index >= 15 is 0 Å². The lowest BCUT2D eigenvalue weighted by molar-refractivity contribution is -0.145. The standard InChI is InChI=1S/C16H20N4O5/c1-4-13-11(16(23)24-3)5-10(25-13)6-19-8-14-18-17-9(2)20(14)7-12(19)15(21)22/h5,12H,4,6-8H2,1-3H3,(H,21,22). The highest BCUT2D eigenvalue weighted by atomic mass is 16.5. The maximum Gasteiger partial charge on any atom is 0.341 e. The van der Waals surface area contributed by atoms with Crippen molar-refractivity contribution in [2.45, 2.75) is 45.9 Å². The van der Waals surface area contributed by atoms with Crippen LogP contribution in [0.4, 0.5) is 0 Å². The summed E-state index contributed by atoms with van der Waals surface area (Å²) in [5.41, 5.74) is 0.378. The Morgan fingerprint density at radius 2 is 2.20 bits per heavy atom. The summed E-state index contributed by atoms with van der Waals surface area (Å²) in [5.74, 6) is 1.08. The topological polar surface area (TPSA) is 111 Å². The zero-order valence-electron chi connectivity index (χ0n) is 14.4. The minimum absolute atomic E-state index is 0.257. The Morgan fingerprint density at radius 1 is 1.44 bits per heavy atom. The number of fused-ring (bicyclic) bond motifs is 1. The highest BCUT2D eigenvalue weighted by Crippen LogP contribution is 2.24. The second-order valence-corrected chi connectivity index (χ2v) is 5.93. The van der Waals surface area contributed by atoms with Crippen molar-refractivity contribution in [3.8, 4) is 0 Å². The normalized spacial score (nSPS) is 17.3. The van der Waals surface area contributed by atoms with Crippen LogP contribution in [-0.4, -0.2) is 49.9 Å². The number of aryl methyl sites for hydroxylation is 2. The largest absolute Gasteiger partial charge is 0.480 e. The van der Waals surface area contributed by atoms with E-state index in [0.717, 1.165) is 0 Å². The zero-order valence-corrected chi connectivity index (χ0v) is 14.4. The molecule has 0 saturated carbocycles. The van der Waals surface area contributed by atoms with Gasteiger partial charge in [0.2, 0.25) is 0 Å². The smallest absolute Gasteiger partial charge is 0.341 e. The molecule has 9 nitrogen and oxygen atoms in total. The number of methoxy groups -OCH3 is 1. The molecule has 1 atom stereocenters. The van der Waals surface area contributed by atoms with E-state index in [1.165, 1.54) is 7.11 Å². The number of aromatic nitrogens is 3. The molecule has 1 aliphatic heterocycles. The van der Waals surface area contributed by atoms with E-state index in [1.54, 1.807) is 17.9 Å². The van der Waals surface area contributed by atoms with Gasteiger partial charge in [-0.1, -0.05) is 6.92 Å². The maximum atomic E-state index is 11.8. The summed E-state index contributed by atoms with van der Waals surface area (Å²) < 4.78 is 12.3. The first-order valence-electron chi connectivity index (χ1n) is 8.00. The Labute approximate surface area is 144 Å². The van der Waals surface area contributed by atoms with Crippen LogP contribution in [0, 0.1) is 6.92 Å². The molecule has 1 unspecified atom stereocenters. The van der Waals surface area contributed by atoms with Gasteiger partial charge in [0.25, 0.3) is 0 Å². The number of furan rings is 1. The van der Waals surface area contributed by atoms with Crippen molar-refractivity contribution in [1.29, 1.82) is 0 Å². The first kappa shape index (κ1) is 17.2. The van der Waals surface area contributed by atoms with E-state index < -0.39 is 18.0 Å². The molecule has 0 bridgehead atoms. The summed E-state index contributed by atoms with van der Waals surface area (Å²) >= 11 is 0. The number of hydrogen-bond donors (Lipinski definition) is 1. The van der Waals surface area contributed by atoms with Gasteiger partial charge in [0.05, 0.1) is 26.7 Å². The van der Waals surface area contributed by atoms with Gasteiger partial charge in [-0.15, -0.1) is 10.2 Å². The first-order chi connectivity index (χ1) is 11.9. The van der Waals surface area contributed by atoms with Crippen molar-refractivity contribution < 1.29 is 23.8 Å². The molecule has 0 aliphatic carbocycles. The van der Waals surface area contributed by atoms with Crippen molar-refractivity contribution >= 4 is 11.9 Å². The molecule has 0 spiro atoms. The number of carbonyl (C=O) groups excluding carboxylic acids is 1. The fourth-order valence-electron chi connectivity index (χ4n) is 3.07. The lowest BCUT2D eigenvalue weighted by Gasteiger charge is -2.32. The molecule has 3 heterocycles. The fraction of sp³-hybridized carbons (Fsp3) is 0.500. The molecular weight excluding hydrogens is 328 g/mol. The van der Waals surface area contributed by atoms with Crippen LogP contribution in [0.3, 0.4) is 0 Å². The number of aliphatic carboxylic acids is 1. The molecule has 0 saturated heterocycles. The van der Waals surface area contributed by atoms with Gasteiger partial charge in [0.15, 0.2) is 0 Å². The molecule has 2 aromatic heterocycles. The Kier molecular flexibility index (Phi) is 4.58. The predicted octanol–water partition coefficient (Wildman–Crippen LogP) is 0.998. The number of esters is 1. The van der Waals surface area contributed by atoms with Crippen LogP contribution in [0.25, 0.3) is 0 Å². The van der Waals surface area contributed by atoms with E-state index in [2.05, 4.69) is 10.2 Å². The molecular formula is C16H20N4O5. The molecule has 2 aromatic rings. The molecule has 0 fully saturated rings. The molecule has 1 aliphatic rings. The Hall–Kier alpha value is -2.68. The third-order valence-corrected chi connectivity index (χ3v) is 4.38. The quantitative estimate of drug-likeness (QED) is 0.797. The van der Waals surface area contributed by atoms with Crippen LogP contribution in [0.2, 0.25) is 0 Å². The second-order valence-electron chi connectivity index (χ2n) is 5.93. The number of carbonyl (C=O) groups is 2. The van der Waals surface area contributed by atoms with E-state index in [1.807, 2.05) is 11.5 Å². The molecule has 1 N–H and O–H groups in total. The highest BCUT2D eigenvalue weighted by molar-refractivity contribution is 5.90. The highest BCUT2D eigenvalue weighted by Gasteiger charge is 2.34. The average molecular weight is 348 g/mol. The molecule has 25 heavy (non-hydrogen) atoms. The number of nitrogens with zero attached hydrogens (tertiary/aromatic N) is 4. The van der Waals surface area contributed by atoms with E-state index in [0.29, 0.717) is 41.7 Å². The van der Waals surface area contributed by atoms with Crippen LogP contribution in [0.15, 0.2) is 10.5 Å². The summed E-state index contributed by atoms with van der Waals surface area (Å²) in [7, 11) is 1.31. The zero-order chi connectivity index (χ0) is 18.1. The van der Waals surface area contributed by atoms with Crippen LogP contribution < -0.4 is 0 Å². The molecule has 9 heteroatoms. The monoisotopic (exact) mass is 348 g/mol. The number of rotatable bonds is 5. The van der Waals surface area contributed by atoms with Gasteiger partial charge >= 0.3 is 11.9 Å². The Bertz CT molecular complexity index is 810. The number of hydrogen-bond acceptors (Lipinski definition) is 7. The fourth-order valence-corrected chi connectivity index (χ4v) is 3.07. The van der Waals surface area contributed by atoms with Gasteiger partial charge < -0.3 is 18.8 Å². The van der Waals surface area contributed by atoms with Crippen molar-refractivity contribution in [2.75, 3.05) is 7.11 Å². The van der Waals surface area contributed by atoms with Gasteiger partial charge in [-0.2, -0.15) is 0 Å². The van der Waals surface area contributed by atoms with Crippen LogP contribution >= 0.6 is 0 Å². The van der Waals surface area contributed by atoms with Crippen molar-refractivity contribution in [3.05, 3.63) is 34.8 Å². The lowest BCUT2D eigenvalue weighted by Crippen LogP contribution is -2.47. The minimum Gasteiger partial charge on any atom is -0.480 e. The predicted molar refractivity (Wildman–Crippen MR) is 84.9 cm³/mol. The summed E-state index contributed by atoms with van der Waals surface area (Å²) in [6.07, 6.45) is 0.542. The van der Waals surface area contributed by atoms with Crippen LogP contribution in [-0.2, 0) is 35.6 Å². The molecule has 3 rings (SSSR count). The third kappa shape index (κ3) is 3.14. The number of carboxylic acid groups (broad SMARTS) is 1. The van der Waals surface area contributed by atoms with Gasteiger partial charge in [-0.25, -0.2) is 4.79 Å². The molecule has 0 amide bonds. The second kappa shape index (κ2) is 6.67. The van der Waals surface area contributed by atoms with Crippen LogP contribution in [0.1, 0.15) is 40.5 Å². The average Bonchev–Trinajstić information content (AvgIpc) is 3.17. The van der Waals surface area contributed by atoms with Crippen LogP contribution in [0.5, 0.6) is 0 Å². The minimum atomic E-state index is -0.922. The number of ether oxygens (including phenoxy) is 1. The van der Waals surface area contributed by atoms with E-state index in [-0.39, 0.29) is 13.1 Å². The molecule has 0 aromatic carbocycles. The maximum absolute atomic E-state index is 11.8.